The quantitative estimate of drug-likeness (QED) is 0.619. The third kappa shape index (κ3) is 4.88. The number of nitrogens with zero attached hydrogens (tertiary/aromatic N) is 5. The van der Waals surface area contributed by atoms with Crippen molar-refractivity contribution in [3.8, 4) is 0 Å². The molecule has 2 aromatic carbocycles. The number of carbonyl (C=O) groups is 2. The highest BCUT2D eigenvalue weighted by molar-refractivity contribution is 7.99. The maximum Gasteiger partial charge on any atom is 0.254 e. The van der Waals surface area contributed by atoms with E-state index in [2.05, 4.69) is 32.5 Å². The second-order valence-corrected chi connectivity index (χ2v) is 8.36. The summed E-state index contributed by atoms with van der Waals surface area (Å²) in [5, 5.41) is 11.3. The van der Waals surface area contributed by atoms with Gasteiger partial charge in [0, 0.05) is 50.7 Å². The average molecular weight is 437 g/mol. The van der Waals surface area contributed by atoms with Gasteiger partial charge in [0.15, 0.2) is 5.16 Å². The molecule has 0 radical (unpaired) electrons. The zero-order chi connectivity index (χ0) is 21.8. The van der Waals surface area contributed by atoms with E-state index < -0.39 is 0 Å². The molecule has 2 heterocycles. The molecule has 0 saturated heterocycles. The smallest absolute Gasteiger partial charge is 0.254 e. The van der Waals surface area contributed by atoms with Crippen molar-refractivity contribution < 1.29 is 9.59 Å². The highest BCUT2D eigenvalue weighted by atomic mass is 32.2. The van der Waals surface area contributed by atoms with E-state index in [-0.39, 0.29) is 17.6 Å². The van der Waals surface area contributed by atoms with Gasteiger partial charge in [-0.3, -0.25) is 9.59 Å². The fraction of sp³-hybridized carbons (Fsp3) is 0.273. The van der Waals surface area contributed by atoms with Crippen LogP contribution in [0.1, 0.15) is 15.9 Å². The van der Waals surface area contributed by atoms with Crippen molar-refractivity contribution in [2.24, 2.45) is 7.05 Å². The molecule has 1 aromatic heterocycles. The molecule has 0 aliphatic carbocycles. The maximum absolute atomic E-state index is 13.2. The summed E-state index contributed by atoms with van der Waals surface area (Å²) < 4.78 is 1.76. The standard InChI is InChI=1S/C22H24N6O2S/c1-26-10-11-28(13-17-6-3-4-9-19(17)26)21(30)16-7-5-8-18(12-16)24-20(29)14-31-22-25-23-15-27(22)2/h3-9,12,15H,10-11,13-14H2,1-2H3,(H,24,29). The van der Waals surface area contributed by atoms with E-state index in [1.807, 2.05) is 31.1 Å². The molecule has 0 atom stereocenters. The van der Waals surface area contributed by atoms with Crippen molar-refractivity contribution in [1.29, 1.82) is 0 Å². The normalized spacial score (nSPS) is 13.5. The third-order valence-electron chi connectivity index (χ3n) is 5.15. The highest BCUT2D eigenvalue weighted by Crippen LogP contribution is 2.25. The zero-order valence-electron chi connectivity index (χ0n) is 17.5. The summed E-state index contributed by atoms with van der Waals surface area (Å²) in [7, 11) is 3.87. The molecule has 0 spiro atoms. The average Bonchev–Trinajstić information content (AvgIpc) is 3.11. The minimum Gasteiger partial charge on any atom is -0.373 e. The number of benzene rings is 2. The minimum absolute atomic E-state index is 0.0466. The second-order valence-electron chi connectivity index (χ2n) is 7.42. The largest absolute Gasteiger partial charge is 0.373 e. The van der Waals surface area contributed by atoms with Crippen LogP contribution in [0, 0.1) is 0 Å². The molecule has 9 heteroatoms. The summed E-state index contributed by atoms with van der Waals surface area (Å²) in [5.41, 5.74) is 3.43. The van der Waals surface area contributed by atoms with Gasteiger partial charge in [0.1, 0.15) is 6.33 Å². The van der Waals surface area contributed by atoms with Gasteiger partial charge in [0.05, 0.1) is 5.75 Å². The SMILES string of the molecule is CN1CCN(C(=O)c2cccc(NC(=O)CSc3nncn3C)c2)Cc2ccccc21. The molecule has 1 aliphatic heterocycles. The predicted molar refractivity (Wildman–Crippen MR) is 121 cm³/mol. The molecular weight excluding hydrogens is 412 g/mol. The van der Waals surface area contributed by atoms with E-state index in [1.165, 1.54) is 11.8 Å². The lowest BCUT2D eigenvalue weighted by Gasteiger charge is -2.21. The molecule has 4 rings (SSSR count). The van der Waals surface area contributed by atoms with E-state index in [1.54, 1.807) is 35.2 Å². The predicted octanol–water partition coefficient (Wildman–Crippen LogP) is 2.64. The van der Waals surface area contributed by atoms with Gasteiger partial charge in [0.25, 0.3) is 5.91 Å². The Morgan fingerprint density at radius 1 is 1.10 bits per heavy atom. The molecule has 0 fully saturated rings. The summed E-state index contributed by atoms with van der Waals surface area (Å²) in [6.45, 7) is 1.96. The molecule has 8 nitrogen and oxygen atoms in total. The Morgan fingerprint density at radius 3 is 2.74 bits per heavy atom. The number of para-hydroxylation sites is 1. The molecule has 1 aliphatic rings. The van der Waals surface area contributed by atoms with Crippen LogP contribution in [0.25, 0.3) is 0 Å². The van der Waals surface area contributed by atoms with Gasteiger partial charge in [-0.2, -0.15) is 0 Å². The summed E-state index contributed by atoms with van der Waals surface area (Å²) in [6, 6.07) is 15.2. The Balaban J connectivity index is 1.42. The number of rotatable bonds is 5. The second kappa shape index (κ2) is 9.22. The monoisotopic (exact) mass is 436 g/mol. The fourth-order valence-corrected chi connectivity index (χ4v) is 4.20. The first-order valence-electron chi connectivity index (χ1n) is 9.96. The summed E-state index contributed by atoms with van der Waals surface area (Å²) in [4.78, 5) is 29.6. The number of thioether (sulfide) groups is 1. The number of likely N-dealkylation sites (N-methyl/N-ethyl adjacent to an activating group) is 1. The number of fused-ring (bicyclic) bond motifs is 1. The Hall–Kier alpha value is -3.33. The number of aromatic nitrogens is 3. The fourth-order valence-electron chi connectivity index (χ4n) is 3.51. The number of carbonyl (C=O) groups excluding carboxylic acids is 2. The molecule has 2 amide bonds. The van der Waals surface area contributed by atoms with Gasteiger partial charge >= 0.3 is 0 Å². The van der Waals surface area contributed by atoms with Crippen LogP contribution in [0.15, 0.2) is 60.0 Å². The lowest BCUT2D eigenvalue weighted by molar-refractivity contribution is -0.113. The van der Waals surface area contributed by atoms with E-state index in [0.29, 0.717) is 29.5 Å². The van der Waals surface area contributed by atoms with Crippen molar-refractivity contribution in [2.75, 3.05) is 36.1 Å². The third-order valence-corrected chi connectivity index (χ3v) is 6.19. The Labute approximate surface area is 185 Å². The van der Waals surface area contributed by atoms with Crippen molar-refractivity contribution >= 4 is 35.0 Å². The van der Waals surface area contributed by atoms with Crippen LogP contribution in [0.5, 0.6) is 0 Å². The Kier molecular flexibility index (Phi) is 6.22. The lowest BCUT2D eigenvalue weighted by atomic mass is 10.1. The van der Waals surface area contributed by atoms with Gasteiger partial charge in [0.2, 0.25) is 5.91 Å². The zero-order valence-corrected chi connectivity index (χ0v) is 18.3. The Bertz CT molecular complexity index is 1100. The van der Waals surface area contributed by atoms with Crippen LogP contribution < -0.4 is 10.2 Å². The number of hydrogen-bond donors (Lipinski definition) is 1. The van der Waals surface area contributed by atoms with Crippen LogP contribution in [-0.4, -0.2) is 57.4 Å². The number of nitrogens with one attached hydrogen (secondary N) is 1. The number of hydrogen-bond acceptors (Lipinski definition) is 6. The van der Waals surface area contributed by atoms with E-state index in [4.69, 9.17) is 0 Å². The van der Waals surface area contributed by atoms with Crippen molar-refractivity contribution in [3.05, 3.63) is 66.0 Å². The molecule has 3 aromatic rings. The molecule has 0 unspecified atom stereocenters. The molecular formula is C22H24N6O2S. The molecule has 0 bridgehead atoms. The van der Waals surface area contributed by atoms with Gasteiger partial charge < -0.3 is 19.7 Å². The number of amides is 2. The van der Waals surface area contributed by atoms with Crippen LogP contribution in [0.3, 0.4) is 0 Å². The maximum atomic E-state index is 13.2. The first-order chi connectivity index (χ1) is 15.0. The van der Waals surface area contributed by atoms with Crippen molar-refractivity contribution in [2.45, 2.75) is 11.7 Å². The summed E-state index contributed by atoms with van der Waals surface area (Å²) in [6.07, 6.45) is 1.59. The van der Waals surface area contributed by atoms with Crippen LogP contribution in [0.4, 0.5) is 11.4 Å². The lowest BCUT2D eigenvalue weighted by Crippen LogP contribution is -2.34. The minimum atomic E-state index is -0.164. The van der Waals surface area contributed by atoms with E-state index in [9.17, 15) is 9.59 Å². The first-order valence-corrected chi connectivity index (χ1v) is 10.9. The van der Waals surface area contributed by atoms with Crippen LogP contribution in [0.2, 0.25) is 0 Å². The molecule has 0 saturated carbocycles. The molecule has 31 heavy (non-hydrogen) atoms. The molecule has 160 valence electrons. The Morgan fingerprint density at radius 2 is 1.94 bits per heavy atom. The summed E-state index contributed by atoms with van der Waals surface area (Å²) in [5.74, 6) is -0.00228. The van der Waals surface area contributed by atoms with Gasteiger partial charge in [-0.1, -0.05) is 36.0 Å². The van der Waals surface area contributed by atoms with Crippen LogP contribution in [-0.2, 0) is 18.4 Å². The topological polar surface area (TPSA) is 83.4 Å². The first kappa shape index (κ1) is 20.9. The van der Waals surface area contributed by atoms with Gasteiger partial charge in [-0.15, -0.1) is 10.2 Å². The van der Waals surface area contributed by atoms with E-state index in [0.717, 1.165) is 17.8 Å². The summed E-state index contributed by atoms with van der Waals surface area (Å²) >= 11 is 1.31. The van der Waals surface area contributed by atoms with Crippen molar-refractivity contribution in [1.82, 2.24) is 19.7 Å². The highest BCUT2D eigenvalue weighted by Gasteiger charge is 2.22. The van der Waals surface area contributed by atoms with Gasteiger partial charge in [-0.05, 0) is 29.8 Å². The number of anilines is 2. The van der Waals surface area contributed by atoms with Crippen molar-refractivity contribution in [3.63, 3.8) is 0 Å². The molecule has 1 N–H and O–H groups in total. The van der Waals surface area contributed by atoms with Crippen LogP contribution >= 0.6 is 11.8 Å². The van der Waals surface area contributed by atoms with E-state index >= 15 is 0 Å². The van der Waals surface area contributed by atoms with Gasteiger partial charge in [-0.25, -0.2) is 0 Å². The number of aryl methyl sites for hydroxylation is 1.